The standard InChI is InChI=1S/C23H42N6O8/c1-12(2)11-15(25)21(34)28-16(8-9-18(30)31)22(35)27-13(3)19(32)26-14(4)20(33)29-17(23(36)37)7-5-6-10-24/h12-17H,5-11,24-25H2,1-4H3,(H,26,32)(H,27,35)(H,28,34)(H,29,33)(H,30,31)(H,36,37)/t13-,14-,15-,16-,17-/m0/s1. The van der Waals surface area contributed by atoms with Gasteiger partial charge >= 0.3 is 11.9 Å². The van der Waals surface area contributed by atoms with Gasteiger partial charge < -0.3 is 42.9 Å². The van der Waals surface area contributed by atoms with Crippen LogP contribution in [0.1, 0.15) is 66.2 Å². The maximum absolute atomic E-state index is 12.7. The van der Waals surface area contributed by atoms with Crippen LogP contribution in [0.2, 0.25) is 0 Å². The molecule has 14 heteroatoms. The van der Waals surface area contributed by atoms with E-state index in [-0.39, 0.29) is 18.8 Å². The summed E-state index contributed by atoms with van der Waals surface area (Å²) in [6.45, 7) is 6.82. The maximum atomic E-state index is 12.7. The van der Waals surface area contributed by atoms with Crippen molar-refractivity contribution >= 4 is 35.6 Å². The molecule has 0 aromatic carbocycles. The number of carboxylic acids is 2. The van der Waals surface area contributed by atoms with Gasteiger partial charge in [-0.2, -0.15) is 0 Å². The molecule has 0 aromatic rings. The van der Waals surface area contributed by atoms with Crippen molar-refractivity contribution in [2.75, 3.05) is 6.54 Å². The molecule has 0 aromatic heterocycles. The molecule has 0 aliphatic carbocycles. The van der Waals surface area contributed by atoms with E-state index in [0.717, 1.165) is 0 Å². The minimum atomic E-state index is -1.25. The number of rotatable bonds is 18. The second-order valence-corrected chi connectivity index (χ2v) is 9.37. The maximum Gasteiger partial charge on any atom is 0.326 e. The van der Waals surface area contributed by atoms with Crippen LogP contribution in [0.4, 0.5) is 0 Å². The molecule has 5 atom stereocenters. The molecule has 0 aliphatic rings. The minimum absolute atomic E-state index is 0.117. The average molecular weight is 531 g/mol. The summed E-state index contributed by atoms with van der Waals surface area (Å²) in [6.07, 6.45) is 0.990. The Bertz CT molecular complexity index is 806. The number of nitrogens with one attached hydrogen (secondary N) is 4. The number of carbonyl (C=O) groups excluding carboxylic acids is 4. The lowest BCUT2D eigenvalue weighted by atomic mass is 10.0. The lowest BCUT2D eigenvalue weighted by molar-refractivity contribution is -0.142. The first-order valence-electron chi connectivity index (χ1n) is 12.3. The number of hydrogen-bond acceptors (Lipinski definition) is 8. The molecule has 4 amide bonds. The summed E-state index contributed by atoms with van der Waals surface area (Å²) >= 11 is 0. The molecule has 14 nitrogen and oxygen atoms in total. The molecular formula is C23H42N6O8. The van der Waals surface area contributed by atoms with Crippen LogP contribution in [-0.2, 0) is 28.8 Å². The lowest BCUT2D eigenvalue weighted by Crippen LogP contribution is -2.57. The number of hydrogen-bond donors (Lipinski definition) is 8. The largest absolute Gasteiger partial charge is 0.481 e. The van der Waals surface area contributed by atoms with E-state index >= 15 is 0 Å². The van der Waals surface area contributed by atoms with Crippen LogP contribution < -0.4 is 32.7 Å². The summed E-state index contributed by atoms with van der Waals surface area (Å²) in [5, 5.41) is 27.8. The first-order valence-corrected chi connectivity index (χ1v) is 12.3. The number of amides is 4. The SMILES string of the molecule is CC(C)C[C@H](N)C(=O)N[C@@H](CCC(=O)O)C(=O)N[C@@H](C)C(=O)N[C@@H](C)C(=O)N[C@@H](CCCCN)C(=O)O. The zero-order valence-corrected chi connectivity index (χ0v) is 21.9. The third kappa shape index (κ3) is 14.2. The van der Waals surface area contributed by atoms with E-state index < -0.39 is 72.2 Å². The Kier molecular flexibility index (Phi) is 15.7. The topological polar surface area (TPSA) is 243 Å². The lowest BCUT2D eigenvalue weighted by Gasteiger charge is -2.24. The van der Waals surface area contributed by atoms with Gasteiger partial charge in [-0.25, -0.2) is 4.79 Å². The van der Waals surface area contributed by atoms with Crippen molar-refractivity contribution in [3.63, 3.8) is 0 Å². The van der Waals surface area contributed by atoms with E-state index in [1.807, 2.05) is 13.8 Å². The van der Waals surface area contributed by atoms with Crippen molar-refractivity contribution in [3.05, 3.63) is 0 Å². The quantitative estimate of drug-likeness (QED) is 0.0945. The van der Waals surface area contributed by atoms with Crippen LogP contribution in [0.25, 0.3) is 0 Å². The Hall–Kier alpha value is -3.26. The van der Waals surface area contributed by atoms with Crippen LogP contribution >= 0.6 is 0 Å². The van der Waals surface area contributed by atoms with E-state index in [1.165, 1.54) is 13.8 Å². The van der Waals surface area contributed by atoms with Crippen molar-refractivity contribution < 1.29 is 39.0 Å². The summed E-state index contributed by atoms with van der Waals surface area (Å²) in [6, 6.07) is -5.56. The Morgan fingerprint density at radius 2 is 1.22 bits per heavy atom. The normalized spacial score (nSPS) is 15.0. The van der Waals surface area contributed by atoms with Crippen molar-refractivity contribution in [1.29, 1.82) is 0 Å². The zero-order valence-electron chi connectivity index (χ0n) is 21.9. The van der Waals surface area contributed by atoms with Gasteiger partial charge in [0.05, 0.1) is 6.04 Å². The molecule has 10 N–H and O–H groups in total. The van der Waals surface area contributed by atoms with E-state index in [0.29, 0.717) is 25.8 Å². The van der Waals surface area contributed by atoms with Crippen LogP contribution in [0, 0.1) is 5.92 Å². The minimum Gasteiger partial charge on any atom is -0.481 e. The molecule has 0 aliphatic heterocycles. The summed E-state index contributed by atoms with van der Waals surface area (Å²) in [7, 11) is 0. The summed E-state index contributed by atoms with van der Waals surface area (Å²) in [4.78, 5) is 72.3. The van der Waals surface area contributed by atoms with E-state index in [9.17, 15) is 33.9 Å². The van der Waals surface area contributed by atoms with Gasteiger partial charge in [0.15, 0.2) is 0 Å². The van der Waals surface area contributed by atoms with Crippen LogP contribution in [0.3, 0.4) is 0 Å². The van der Waals surface area contributed by atoms with Gasteiger partial charge in [0.1, 0.15) is 24.2 Å². The Morgan fingerprint density at radius 3 is 1.70 bits per heavy atom. The van der Waals surface area contributed by atoms with Crippen molar-refractivity contribution in [1.82, 2.24) is 21.3 Å². The fourth-order valence-corrected chi connectivity index (χ4v) is 3.26. The highest BCUT2D eigenvalue weighted by Crippen LogP contribution is 2.06. The third-order valence-corrected chi connectivity index (χ3v) is 5.41. The number of aliphatic carboxylic acids is 2. The van der Waals surface area contributed by atoms with Crippen molar-refractivity contribution in [3.8, 4) is 0 Å². The molecule has 0 saturated heterocycles. The molecule has 212 valence electrons. The molecule has 0 radical (unpaired) electrons. The number of nitrogens with two attached hydrogens (primary N) is 2. The van der Waals surface area contributed by atoms with Crippen molar-refractivity contribution in [2.45, 2.75) is 96.4 Å². The summed E-state index contributed by atoms with van der Waals surface area (Å²) in [5.74, 6) is -5.16. The van der Waals surface area contributed by atoms with Crippen LogP contribution in [0.5, 0.6) is 0 Å². The highest BCUT2D eigenvalue weighted by molar-refractivity contribution is 5.95. The Morgan fingerprint density at radius 1 is 0.703 bits per heavy atom. The summed E-state index contributed by atoms with van der Waals surface area (Å²) in [5.41, 5.74) is 11.2. The molecule has 0 fully saturated rings. The first-order chi connectivity index (χ1) is 17.2. The molecule has 0 heterocycles. The van der Waals surface area contributed by atoms with Gasteiger partial charge in [-0.1, -0.05) is 13.8 Å². The molecule has 0 bridgehead atoms. The van der Waals surface area contributed by atoms with Crippen LogP contribution in [-0.4, -0.2) is 82.5 Å². The Labute approximate surface area is 216 Å². The number of unbranched alkanes of at least 4 members (excludes halogenated alkanes) is 1. The number of carbonyl (C=O) groups is 6. The van der Waals surface area contributed by atoms with Gasteiger partial charge in [-0.15, -0.1) is 0 Å². The van der Waals surface area contributed by atoms with Gasteiger partial charge in [0, 0.05) is 6.42 Å². The third-order valence-electron chi connectivity index (χ3n) is 5.41. The predicted molar refractivity (Wildman–Crippen MR) is 134 cm³/mol. The first kappa shape index (κ1) is 33.7. The molecule has 0 unspecified atom stereocenters. The van der Waals surface area contributed by atoms with E-state index in [1.54, 1.807) is 0 Å². The molecule has 37 heavy (non-hydrogen) atoms. The molecule has 0 rings (SSSR count). The van der Waals surface area contributed by atoms with Gasteiger partial charge in [0.2, 0.25) is 23.6 Å². The van der Waals surface area contributed by atoms with E-state index in [4.69, 9.17) is 16.6 Å². The predicted octanol–water partition coefficient (Wildman–Crippen LogP) is -1.58. The molecule has 0 spiro atoms. The second-order valence-electron chi connectivity index (χ2n) is 9.37. The zero-order chi connectivity index (χ0) is 28.7. The fourth-order valence-electron chi connectivity index (χ4n) is 3.26. The average Bonchev–Trinajstić information content (AvgIpc) is 2.79. The molecular weight excluding hydrogens is 488 g/mol. The van der Waals surface area contributed by atoms with Gasteiger partial charge in [-0.3, -0.25) is 24.0 Å². The van der Waals surface area contributed by atoms with Crippen molar-refractivity contribution in [2.24, 2.45) is 17.4 Å². The van der Waals surface area contributed by atoms with Gasteiger partial charge in [-0.05, 0) is 58.4 Å². The fraction of sp³-hybridized carbons (Fsp3) is 0.739. The highest BCUT2D eigenvalue weighted by atomic mass is 16.4. The Balaban J connectivity index is 5.08. The summed E-state index contributed by atoms with van der Waals surface area (Å²) < 4.78 is 0. The molecule has 0 saturated carbocycles. The number of carboxylic acid groups (broad SMARTS) is 2. The highest BCUT2D eigenvalue weighted by Gasteiger charge is 2.29. The monoisotopic (exact) mass is 530 g/mol. The second kappa shape index (κ2) is 17.2. The smallest absolute Gasteiger partial charge is 0.326 e. The van der Waals surface area contributed by atoms with Crippen LogP contribution in [0.15, 0.2) is 0 Å². The van der Waals surface area contributed by atoms with E-state index in [2.05, 4.69) is 21.3 Å². The van der Waals surface area contributed by atoms with Gasteiger partial charge in [0.25, 0.3) is 0 Å².